The Kier molecular flexibility index (Phi) is 6.53. The number of nitrogens with two attached hydrogens (primary N) is 1. The van der Waals surface area contributed by atoms with Crippen LogP contribution in [-0.4, -0.2) is 63.0 Å². The van der Waals surface area contributed by atoms with Crippen molar-refractivity contribution < 1.29 is 13.7 Å². The molecule has 9 heteroatoms. The summed E-state index contributed by atoms with van der Waals surface area (Å²) in [4.78, 5) is 14.4. The normalized spacial score (nSPS) is 15.8. The summed E-state index contributed by atoms with van der Waals surface area (Å²) in [5.74, 6) is 0.179. The van der Waals surface area contributed by atoms with Crippen LogP contribution in [0.15, 0.2) is 53.9 Å². The molecule has 4 rings (SSSR count). The molecular weight excluding hydrogens is 405 g/mol. The molecule has 1 aliphatic rings. The lowest BCUT2D eigenvalue weighted by Crippen LogP contribution is -2.39. The summed E-state index contributed by atoms with van der Waals surface area (Å²) in [5, 5.41) is 0.466. The predicted molar refractivity (Wildman–Crippen MR) is 114 cm³/mol. The summed E-state index contributed by atoms with van der Waals surface area (Å²) in [7, 11) is 0. The number of rotatable bonds is 6. The highest BCUT2D eigenvalue weighted by molar-refractivity contribution is 7.91. The van der Waals surface area contributed by atoms with E-state index in [2.05, 4.69) is 19.9 Å². The van der Waals surface area contributed by atoms with Crippen LogP contribution in [0.1, 0.15) is 0 Å². The van der Waals surface area contributed by atoms with Crippen molar-refractivity contribution in [2.75, 3.05) is 44.3 Å². The Morgan fingerprint density at radius 1 is 1.07 bits per heavy atom. The van der Waals surface area contributed by atoms with Crippen LogP contribution >= 0.6 is 0 Å². The maximum Gasteiger partial charge on any atom is 0.252 e. The largest absolute Gasteiger partial charge is 0.610 e. The molecule has 7 nitrogen and oxygen atoms in total. The SMILES string of the molecule is Nc1ncc(-c2ccc(-c3cccnc3[S+]([O-])CCN3CCOCC3)cc2F)cn1. The summed E-state index contributed by atoms with van der Waals surface area (Å²) in [6.07, 6.45) is 4.58. The lowest BCUT2D eigenvalue weighted by atomic mass is 10.0. The van der Waals surface area contributed by atoms with Gasteiger partial charge >= 0.3 is 0 Å². The van der Waals surface area contributed by atoms with Crippen LogP contribution in [0.2, 0.25) is 0 Å². The zero-order valence-corrected chi connectivity index (χ0v) is 17.1. The van der Waals surface area contributed by atoms with E-state index in [-0.39, 0.29) is 5.95 Å². The molecule has 1 aromatic carbocycles. The lowest BCUT2D eigenvalue weighted by Gasteiger charge is -2.26. The number of hydrogen-bond donors (Lipinski definition) is 1. The molecule has 156 valence electrons. The summed E-state index contributed by atoms with van der Waals surface area (Å²) in [6.45, 7) is 3.79. The van der Waals surface area contributed by atoms with Gasteiger partial charge in [0, 0.05) is 60.5 Å². The molecule has 3 heterocycles. The van der Waals surface area contributed by atoms with Gasteiger partial charge in [-0.15, -0.1) is 0 Å². The van der Waals surface area contributed by atoms with E-state index in [1.165, 1.54) is 18.5 Å². The third kappa shape index (κ3) is 4.76. The molecule has 3 aromatic rings. The number of hydrogen-bond acceptors (Lipinski definition) is 7. The van der Waals surface area contributed by atoms with E-state index in [9.17, 15) is 8.94 Å². The summed E-state index contributed by atoms with van der Waals surface area (Å²) in [6, 6.07) is 8.44. The van der Waals surface area contributed by atoms with Gasteiger partial charge in [-0.1, -0.05) is 12.1 Å². The number of benzene rings is 1. The number of aromatic nitrogens is 3. The second-order valence-electron chi connectivity index (χ2n) is 6.88. The van der Waals surface area contributed by atoms with Crippen molar-refractivity contribution in [2.24, 2.45) is 0 Å². The van der Waals surface area contributed by atoms with Crippen molar-refractivity contribution in [1.29, 1.82) is 0 Å². The number of anilines is 1. The van der Waals surface area contributed by atoms with E-state index < -0.39 is 17.0 Å². The molecule has 0 bridgehead atoms. The van der Waals surface area contributed by atoms with Crippen LogP contribution in [-0.2, 0) is 15.9 Å². The van der Waals surface area contributed by atoms with Crippen molar-refractivity contribution in [3.05, 3.63) is 54.7 Å². The Morgan fingerprint density at radius 3 is 2.57 bits per heavy atom. The van der Waals surface area contributed by atoms with E-state index in [0.29, 0.717) is 52.8 Å². The summed E-state index contributed by atoms with van der Waals surface area (Å²) >= 11 is -1.30. The zero-order valence-electron chi connectivity index (χ0n) is 16.3. The van der Waals surface area contributed by atoms with E-state index in [1.807, 2.05) is 6.07 Å². The molecule has 30 heavy (non-hydrogen) atoms. The quantitative estimate of drug-likeness (QED) is 0.603. The van der Waals surface area contributed by atoms with Gasteiger partial charge in [-0.2, -0.15) is 0 Å². The number of morpholine rings is 1. The third-order valence-corrected chi connectivity index (χ3v) is 6.26. The monoisotopic (exact) mass is 427 g/mol. The smallest absolute Gasteiger partial charge is 0.252 e. The first-order valence-electron chi connectivity index (χ1n) is 9.63. The molecule has 2 aromatic heterocycles. The third-order valence-electron chi connectivity index (χ3n) is 4.95. The average molecular weight is 428 g/mol. The highest BCUT2D eigenvalue weighted by Gasteiger charge is 2.22. The lowest BCUT2D eigenvalue weighted by molar-refractivity contribution is 0.0408. The van der Waals surface area contributed by atoms with Gasteiger partial charge in [0.1, 0.15) is 11.6 Å². The molecule has 0 aliphatic carbocycles. The molecular formula is C21H22FN5O2S. The molecule has 0 radical (unpaired) electrons. The van der Waals surface area contributed by atoms with Crippen LogP contribution in [0.3, 0.4) is 0 Å². The first-order valence-corrected chi connectivity index (χ1v) is 10.9. The fourth-order valence-corrected chi connectivity index (χ4v) is 4.55. The van der Waals surface area contributed by atoms with Gasteiger partial charge in [0.25, 0.3) is 5.03 Å². The maximum absolute atomic E-state index is 14.8. The number of nitrogen functional groups attached to an aromatic ring is 1. The van der Waals surface area contributed by atoms with E-state index in [0.717, 1.165) is 13.1 Å². The van der Waals surface area contributed by atoms with Crippen LogP contribution < -0.4 is 5.73 Å². The van der Waals surface area contributed by atoms with Crippen molar-refractivity contribution in [1.82, 2.24) is 19.9 Å². The van der Waals surface area contributed by atoms with Crippen LogP contribution in [0.4, 0.5) is 10.3 Å². The molecule has 0 spiro atoms. The van der Waals surface area contributed by atoms with Gasteiger partial charge in [0.2, 0.25) is 5.95 Å². The summed E-state index contributed by atoms with van der Waals surface area (Å²) < 4.78 is 33.1. The molecule has 1 atom stereocenters. The number of ether oxygens (including phenoxy) is 1. The Labute approximate surface area is 177 Å². The Morgan fingerprint density at radius 2 is 1.83 bits per heavy atom. The van der Waals surface area contributed by atoms with E-state index in [4.69, 9.17) is 10.5 Å². The van der Waals surface area contributed by atoms with Gasteiger partial charge in [-0.05, 0) is 23.8 Å². The van der Waals surface area contributed by atoms with Crippen molar-refractivity contribution in [3.8, 4) is 22.3 Å². The van der Waals surface area contributed by atoms with Crippen LogP contribution in [0.5, 0.6) is 0 Å². The minimum atomic E-state index is -1.30. The van der Waals surface area contributed by atoms with Crippen molar-refractivity contribution >= 4 is 17.1 Å². The summed E-state index contributed by atoms with van der Waals surface area (Å²) in [5.41, 5.74) is 7.69. The second kappa shape index (κ2) is 9.48. The first kappa shape index (κ1) is 20.7. The average Bonchev–Trinajstić information content (AvgIpc) is 2.79. The topological polar surface area (TPSA) is 100 Å². The standard InChI is InChI=1S/C21H22FN5O2S/c22-19-12-15(3-4-17(19)16-13-25-21(23)26-14-16)18-2-1-5-24-20(18)30(28)11-8-27-6-9-29-10-7-27/h1-5,12-14H,6-11H2,(H2,23,25,26). The fourth-order valence-electron chi connectivity index (χ4n) is 3.32. The zero-order chi connectivity index (χ0) is 20.9. The van der Waals surface area contributed by atoms with Gasteiger partial charge in [0.05, 0.1) is 18.8 Å². The number of halogens is 1. The second-order valence-corrected chi connectivity index (χ2v) is 8.37. The molecule has 1 aliphatic heterocycles. The number of nitrogens with zero attached hydrogens (tertiary/aromatic N) is 4. The van der Waals surface area contributed by atoms with Gasteiger partial charge < -0.3 is 15.0 Å². The Hall–Kier alpha value is -2.59. The number of pyridine rings is 1. The highest BCUT2D eigenvalue weighted by atomic mass is 32.2. The minimum absolute atomic E-state index is 0.135. The van der Waals surface area contributed by atoms with Gasteiger partial charge in [-0.25, -0.2) is 19.3 Å². The highest BCUT2D eigenvalue weighted by Crippen LogP contribution is 2.30. The van der Waals surface area contributed by atoms with E-state index >= 15 is 0 Å². The Bertz CT molecular complexity index is 999. The van der Waals surface area contributed by atoms with Crippen LogP contribution in [0, 0.1) is 5.82 Å². The van der Waals surface area contributed by atoms with Crippen molar-refractivity contribution in [2.45, 2.75) is 5.03 Å². The Balaban J connectivity index is 1.55. The van der Waals surface area contributed by atoms with Crippen LogP contribution in [0.25, 0.3) is 22.3 Å². The van der Waals surface area contributed by atoms with Crippen molar-refractivity contribution in [3.63, 3.8) is 0 Å². The van der Waals surface area contributed by atoms with E-state index in [1.54, 1.807) is 24.4 Å². The van der Waals surface area contributed by atoms with Gasteiger partial charge in [0.15, 0.2) is 0 Å². The fraction of sp³-hybridized carbons (Fsp3) is 0.286. The van der Waals surface area contributed by atoms with Gasteiger partial charge in [-0.3, -0.25) is 4.90 Å². The molecule has 1 unspecified atom stereocenters. The molecule has 0 saturated carbocycles. The maximum atomic E-state index is 14.8. The minimum Gasteiger partial charge on any atom is -0.610 e. The molecule has 2 N–H and O–H groups in total. The molecule has 0 amide bonds. The predicted octanol–water partition coefficient (Wildman–Crippen LogP) is 2.37. The first-order chi connectivity index (χ1) is 14.6. The molecule has 1 fully saturated rings. The molecule has 1 saturated heterocycles.